The Labute approximate surface area is 53.1 Å². The smallest absolute Gasteiger partial charge is 0.322 e. The Kier molecular flexibility index (Phi) is 0.858. The zero-order valence-electron chi connectivity index (χ0n) is 5.00. The number of nitrogens with one attached hydrogen (secondary N) is 1. The van der Waals surface area contributed by atoms with E-state index in [0.29, 0.717) is 12.0 Å². The summed E-state index contributed by atoms with van der Waals surface area (Å²) in [5, 5.41) is 11.4. The zero-order valence-corrected chi connectivity index (χ0v) is 5.00. The number of hydrogen-bond donors (Lipinski definition) is 2. The van der Waals surface area contributed by atoms with Crippen LogP contribution in [0.1, 0.15) is 12.8 Å². The van der Waals surface area contributed by atoms with Crippen LogP contribution in [0.25, 0.3) is 0 Å². The van der Waals surface area contributed by atoms with Gasteiger partial charge in [-0.15, -0.1) is 0 Å². The third-order valence-electron chi connectivity index (χ3n) is 2.02. The highest BCUT2D eigenvalue weighted by molar-refractivity contribution is 5.78. The minimum atomic E-state index is -0.688. The van der Waals surface area contributed by atoms with Crippen molar-refractivity contribution in [3.8, 4) is 0 Å². The SMILES string of the molecule is O=C(O)[C@H]1N[C@@H]1C1CC1. The summed E-state index contributed by atoms with van der Waals surface area (Å²) in [7, 11) is 0. The Morgan fingerprint density at radius 1 is 1.56 bits per heavy atom. The molecule has 0 spiro atoms. The van der Waals surface area contributed by atoms with Crippen LogP contribution in [0.4, 0.5) is 0 Å². The second-order valence-electron chi connectivity index (χ2n) is 2.85. The summed E-state index contributed by atoms with van der Waals surface area (Å²) in [4.78, 5) is 10.2. The van der Waals surface area contributed by atoms with Gasteiger partial charge in [0.15, 0.2) is 0 Å². The van der Waals surface area contributed by atoms with Gasteiger partial charge in [-0.25, -0.2) is 0 Å². The lowest BCUT2D eigenvalue weighted by Gasteiger charge is -1.83. The molecule has 1 aliphatic heterocycles. The molecule has 0 amide bonds. The number of carbonyl (C=O) groups is 1. The molecule has 0 radical (unpaired) electrons. The van der Waals surface area contributed by atoms with Gasteiger partial charge in [0.05, 0.1) is 0 Å². The first-order chi connectivity index (χ1) is 4.29. The van der Waals surface area contributed by atoms with Crippen LogP contribution in [0.15, 0.2) is 0 Å². The Bertz CT molecular complexity index is 153. The van der Waals surface area contributed by atoms with Crippen LogP contribution in [0.2, 0.25) is 0 Å². The van der Waals surface area contributed by atoms with E-state index in [1.807, 2.05) is 0 Å². The Morgan fingerprint density at radius 2 is 2.22 bits per heavy atom. The number of carboxylic acids is 1. The van der Waals surface area contributed by atoms with E-state index in [4.69, 9.17) is 5.11 Å². The summed E-state index contributed by atoms with van der Waals surface area (Å²) in [6.45, 7) is 0. The van der Waals surface area contributed by atoms with Gasteiger partial charge in [-0.3, -0.25) is 10.1 Å². The highest BCUT2D eigenvalue weighted by atomic mass is 16.4. The molecule has 2 fully saturated rings. The lowest BCUT2D eigenvalue weighted by molar-refractivity contribution is -0.136. The normalized spacial score (nSPS) is 40.4. The molecule has 0 aromatic rings. The van der Waals surface area contributed by atoms with Crippen molar-refractivity contribution in [1.82, 2.24) is 5.32 Å². The molecule has 0 aromatic heterocycles. The average Bonchev–Trinajstić information content (AvgIpc) is 2.60. The largest absolute Gasteiger partial charge is 0.480 e. The van der Waals surface area contributed by atoms with Crippen LogP contribution in [0.5, 0.6) is 0 Å². The number of rotatable bonds is 2. The maximum Gasteiger partial charge on any atom is 0.322 e. The lowest BCUT2D eigenvalue weighted by Crippen LogP contribution is -2.09. The second-order valence-corrected chi connectivity index (χ2v) is 2.85. The van der Waals surface area contributed by atoms with Crippen molar-refractivity contribution >= 4 is 5.97 Å². The molecule has 2 N–H and O–H groups in total. The van der Waals surface area contributed by atoms with Crippen molar-refractivity contribution in [2.45, 2.75) is 24.9 Å². The molecule has 1 saturated heterocycles. The second kappa shape index (κ2) is 1.48. The van der Waals surface area contributed by atoms with E-state index < -0.39 is 5.97 Å². The maximum atomic E-state index is 10.2. The fraction of sp³-hybridized carbons (Fsp3) is 0.833. The van der Waals surface area contributed by atoms with Gasteiger partial charge in [0.1, 0.15) is 6.04 Å². The molecule has 9 heavy (non-hydrogen) atoms. The van der Waals surface area contributed by atoms with Gasteiger partial charge >= 0.3 is 5.97 Å². The lowest BCUT2D eigenvalue weighted by atomic mass is 10.2. The minimum Gasteiger partial charge on any atom is -0.480 e. The van der Waals surface area contributed by atoms with Crippen LogP contribution in [-0.4, -0.2) is 23.2 Å². The summed E-state index contributed by atoms with van der Waals surface area (Å²) < 4.78 is 0. The van der Waals surface area contributed by atoms with E-state index in [-0.39, 0.29) is 6.04 Å². The Balaban J connectivity index is 1.87. The van der Waals surface area contributed by atoms with Crippen molar-refractivity contribution in [1.29, 1.82) is 0 Å². The molecule has 1 heterocycles. The third-order valence-corrected chi connectivity index (χ3v) is 2.02. The van der Waals surface area contributed by atoms with Crippen LogP contribution < -0.4 is 5.32 Å². The predicted octanol–water partition coefficient (Wildman–Crippen LogP) is -0.179. The summed E-state index contributed by atoms with van der Waals surface area (Å²) in [6.07, 6.45) is 2.45. The van der Waals surface area contributed by atoms with E-state index in [9.17, 15) is 4.79 Å². The van der Waals surface area contributed by atoms with E-state index in [2.05, 4.69) is 5.32 Å². The fourth-order valence-electron chi connectivity index (χ4n) is 1.24. The van der Waals surface area contributed by atoms with Gasteiger partial charge in [-0.05, 0) is 18.8 Å². The maximum absolute atomic E-state index is 10.2. The van der Waals surface area contributed by atoms with E-state index in [1.165, 1.54) is 12.8 Å². The highest BCUT2D eigenvalue weighted by Gasteiger charge is 2.50. The van der Waals surface area contributed by atoms with Crippen LogP contribution >= 0.6 is 0 Å². The molecule has 1 saturated carbocycles. The minimum absolute atomic E-state index is 0.211. The van der Waals surface area contributed by atoms with E-state index >= 15 is 0 Å². The summed E-state index contributed by atoms with van der Waals surface area (Å²) in [5.74, 6) is -0.00185. The quantitative estimate of drug-likeness (QED) is 0.506. The summed E-state index contributed by atoms with van der Waals surface area (Å²) in [5.41, 5.74) is 0. The summed E-state index contributed by atoms with van der Waals surface area (Å²) in [6, 6.07) is 0.111. The number of carboxylic acid groups (broad SMARTS) is 1. The van der Waals surface area contributed by atoms with E-state index in [0.717, 1.165) is 0 Å². The van der Waals surface area contributed by atoms with Gasteiger partial charge in [0.25, 0.3) is 0 Å². The van der Waals surface area contributed by atoms with Crippen molar-refractivity contribution in [2.75, 3.05) is 0 Å². The van der Waals surface area contributed by atoms with Gasteiger partial charge in [0, 0.05) is 6.04 Å². The molecule has 50 valence electrons. The summed E-state index contributed by atoms with van der Waals surface area (Å²) >= 11 is 0. The van der Waals surface area contributed by atoms with Crippen LogP contribution in [0, 0.1) is 5.92 Å². The fourth-order valence-corrected chi connectivity index (χ4v) is 1.24. The van der Waals surface area contributed by atoms with Crippen LogP contribution in [0.3, 0.4) is 0 Å². The number of aliphatic carboxylic acids is 1. The first-order valence-corrected chi connectivity index (χ1v) is 3.28. The molecule has 0 bridgehead atoms. The van der Waals surface area contributed by atoms with Crippen molar-refractivity contribution in [2.24, 2.45) is 5.92 Å². The molecule has 2 aliphatic rings. The first kappa shape index (κ1) is 5.23. The van der Waals surface area contributed by atoms with Crippen molar-refractivity contribution in [3.63, 3.8) is 0 Å². The van der Waals surface area contributed by atoms with Gasteiger partial charge in [0.2, 0.25) is 0 Å². The molecule has 2 atom stereocenters. The standard InChI is InChI=1S/C6H9NO2/c8-6(9)5-4(7-5)3-1-2-3/h3-5,7H,1-2H2,(H,8,9)/t4-,5+/m1/s1. The van der Waals surface area contributed by atoms with Gasteiger partial charge in [-0.2, -0.15) is 0 Å². The molecule has 0 aromatic carbocycles. The zero-order chi connectivity index (χ0) is 6.43. The molecule has 1 aliphatic carbocycles. The highest BCUT2D eigenvalue weighted by Crippen LogP contribution is 2.39. The van der Waals surface area contributed by atoms with Gasteiger partial charge < -0.3 is 5.11 Å². The molecule has 3 heteroatoms. The van der Waals surface area contributed by atoms with Crippen molar-refractivity contribution in [3.05, 3.63) is 0 Å². The van der Waals surface area contributed by atoms with E-state index in [1.54, 1.807) is 0 Å². The molecular weight excluding hydrogens is 118 g/mol. The Hall–Kier alpha value is -0.570. The van der Waals surface area contributed by atoms with Gasteiger partial charge in [-0.1, -0.05) is 0 Å². The topological polar surface area (TPSA) is 59.2 Å². The number of hydrogen-bond acceptors (Lipinski definition) is 2. The first-order valence-electron chi connectivity index (χ1n) is 3.28. The third kappa shape index (κ3) is 0.812. The molecule has 0 unspecified atom stereocenters. The average molecular weight is 127 g/mol. The van der Waals surface area contributed by atoms with Crippen molar-refractivity contribution < 1.29 is 9.90 Å². The predicted molar refractivity (Wildman–Crippen MR) is 31.1 cm³/mol. The van der Waals surface area contributed by atoms with Crippen LogP contribution in [-0.2, 0) is 4.79 Å². The monoisotopic (exact) mass is 127 g/mol. The molecule has 2 rings (SSSR count). The molecule has 3 nitrogen and oxygen atoms in total. The Morgan fingerprint density at radius 3 is 2.56 bits per heavy atom. The molecular formula is C6H9NO2.